The fourth-order valence-corrected chi connectivity index (χ4v) is 8.01. The van der Waals surface area contributed by atoms with Gasteiger partial charge >= 0.3 is 0 Å². The van der Waals surface area contributed by atoms with Crippen molar-refractivity contribution in [3.05, 3.63) is 35.0 Å². The summed E-state index contributed by atoms with van der Waals surface area (Å²) >= 11 is 6.47. The largest absolute Gasteiger partial charge is 0.387 e. The molecule has 0 unspecified atom stereocenters. The van der Waals surface area contributed by atoms with Gasteiger partial charge in [0.2, 0.25) is 16.0 Å². The third kappa shape index (κ3) is 4.56. The summed E-state index contributed by atoms with van der Waals surface area (Å²) in [5.41, 5.74) is -0.0243. The van der Waals surface area contributed by atoms with Gasteiger partial charge in [-0.1, -0.05) is 11.6 Å². The molecule has 4 heterocycles. The number of hydrogen-bond donors (Lipinski definition) is 3. The second kappa shape index (κ2) is 9.57. The van der Waals surface area contributed by atoms with Gasteiger partial charge in [0.25, 0.3) is 0 Å². The number of nitrogens with zero attached hydrogens (tertiary/aromatic N) is 5. The summed E-state index contributed by atoms with van der Waals surface area (Å²) in [6.07, 6.45) is 0.817. The van der Waals surface area contributed by atoms with E-state index in [4.69, 9.17) is 16.3 Å². The number of piperidine rings is 1. The highest BCUT2D eigenvalue weighted by Crippen LogP contribution is 2.41. The van der Waals surface area contributed by atoms with E-state index in [2.05, 4.69) is 20.3 Å². The number of anilines is 1. The molecule has 2 aliphatic heterocycles. The van der Waals surface area contributed by atoms with E-state index in [1.165, 1.54) is 16.6 Å². The number of hydrogen-bond acceptors (Lipinski definition) is 9. The molecule has 11 nitrogen and oxygen atoms in total. The average molecular weight is 595 g/mol. The molecule has 0 amide bonds. The van der Waals surface area contributed by atoms with Gasteiger partial charge < -0.3 is 24.8 Å². The van der Waals surface area contributed by atoms with Gasteiger partial charge in [-0.15, -0.1) is 0 Å². The minimum Gasteiger partial charge on any atom is -0.387 e. The number of aliphatic hydroxyl groups is 2. The summed E-state index contributed by atoms with van der Waals surface area (Å²) in [7, 11) is -3.53. The van der Waals surface area contributed by atoms with Crippen LogP contribution in [0.25, 0.3) is 22.3 Å². The first kappa shape index (κ1) is 27.7. The third-order valence-electron chi connectivity index (χ3n) is 7.68. The fourth-order valence-electron chi connectivity index (χ4n) is 5.70. The Morgan fingerprint density at radius 3 is 2.62 bits per heavy atom. The number of ether oxygens (including phenoxy) is 1. The molecule has 2 aromatic heterocycles. The predicted octanol–water partition coefficient (Wildman–Crippen LogP) is 3.16. The van der Waals surface area contributed by atoms with Crippen LogP contribution in [0, 0.1) is 5.82 Å². The highest BCUT2D eigenvalue weighted by molar-refractivity contribution is 7.90. The van der Waals surface area contributed by atoms with E-state index in [-0.39, 0.29) is 34.8 Å². The van der Waals surface area contributed by atoms with Gasteiger partial charge in [0.05, 0.1) is 46.4 Å². The van der Waals surface area contributed by atoms with Gasteiger partial charge in [0.1, 0.15) is 23.0 Å². The Balaban J connectivity index is 1.32. The molecule has 216 valence electrons. The number of nitrogens with one attached hydrogen (secondary N) is 1. The van der Waals surface area contributed by atoms with Gasteiger partial charge in [0, 0.05) is 11.6 Å². The summed E-state index contributed by atoms with van der Waals surface area (Å²) in [5.74, 6) is -0.100. The van der Waals surface area contributed by atoms with Crippen molar-refractivity contribution in [1.82, 2.24) is 23.8 Å². The van der Waals surface area contributed by atoms with Gasteiger partial charge in [-0.2, -0.15) is 4.31 Å². The lowest BCUT2D eigenvalue weighted by molar-refractivity contribution is -0.0556. The summed E-state index contributed by atoms with van der Waals surface area (Å²) in [4.78, 5) is 13.2. The van der Waals surface area contributed by atoms with E-state index in [0.717, 1.165) is 0 Å². The Hall–Kier alpha value is -2.42. The number of halogens is 2. The quantitative estimate of drug-likeness (QED) is 0.376. The Bertz CT molecular complexity index is 1590. The Labute approximate surface area is 236 Å². The number of fused-ring (bicyclic) bond motifs is 3. The predicted molar refractivity (Wildman–Crippen MR) is 147 cm³/mol. The van der Waals surface area contributed by atoms with Gasteiger partial charge in [-0.05, 0) is 59.1 Å². The lowest BCUT2D eigenvalue weighted by Crippen LogP contribution is -2.59. The SMILES string of the molecule is CC(C)n1c(C(C)(C)O)nc2c(F)cc(-c3nc(N[C@@H]4C[C@H]5CO[C@@H]([C@H]4O)N5S(=O)(=O)C4CC4)ncc3Cl)cc21. The molecule has 2 bridgehead atoms. The minimum atomic E-state index is -3.53. The lowest BCUT2D eigenvalue weighted by Gasteiger charge is -2.39. The zero-order valence-corrected chi connectivity index (χ0v) is 24.1. The van der Waals surface area contributed by atoms with Crippen molar-refractivity contribution in [2.45, 2.75) is 88.3 Å². The molecule has 6 rings (SSSR count). The van der Waals surface area contributed by atoms with Crippen LogP contribution in [-0.2, 0) is 20.4 Å². The molecule has 14 heteroatoms. The summed E-state index contributed by atoms with van der Waals surface area (Å²) < 4.78 is 50.0. The molecular formula is C26H32ClFN6O5S. The number of aliphatic hydroxyl groups excluding tert-OH is 1. The average Bonchev–Trinajstić information content (AvgIpc) is 3.56. The van der Waals surface area contributed by atoms with Crippen LogP contribution in [0.3, 0.4) is 0 Å². The van der Waals surface area contributed by atoms with Crippen molar-refractivity contribution < 1.29 is 27.8 Å². The molecular weight excluding hydrogens is 563 g/mol. The molecule has 1 aromatic carbocycles. The number of aromatic nitrogens is 4. The topological polar surface area (TPSA) is 143 Å². The van der Waals surface area contributed by atoms with Gasteiger partial charge in [-0.3, -0.25) is 0 Å². The number of benzene rings is 1. The molecule has 0 spiro atoms. The second-order valence-electron chi connectivity index (χ2n) is 11.6. The van der Waals surface area contributed by atoms with Crippen molar-refractivity contribution in [2.24, 2.45) is 0 Å². The van der Waals surface area contributed by atoms with E-state index in [1.807, 2.05) is 13.8 Å². The molecule has 4 atom stereocenters. The lowest BCUT2D eigenvalue weighted by atomic mass is 9.98. The van der Waals surface area contributed by atoms with Crippen LogP contribution in [0.4, 0.5) is 10.3 Å². The van der Waals surface area contributed by atoms with Crippen LogP contribution >= 0.6 is 11.6 Å². The Morgan fingerprint density at radius 2 is 1.98 bits per heavy atom. The van der Waals surface area contributed by atoms with Crippen molar-refractivity contribution >= 4 is 38.6 Å². The zero-order chi connectivity index (χ0) is 28.7. The summed E-state index contributed by atoms with van der Waals surface area (Å²) in [5, 5.41) is 24.6. The van der Waals surface area contributed by atoms with Crippen molar-refractivity contribution in [3.63, 3.8) is 0 Å². The van der Waals surface area contributed by atoms with Crippen LogP contribution in [-0.4, -0.2) is 78.7 Å². The van der Waals surface area contributed by atoms with Gasteiger partial charge in [0.15, 0.2) is 12.0 Å². The summed E-state index contributed by atoms with van der Waals surface area (Å²) in [6.45, 7) is 7.24. The van der Waals surface area contributed by atoms with Crippen LogP contribution in [0.1, 0.15) is 58.8 Å². The molecule has 40 heavy (non-hydrogen) atoms. The van der Waals surface area contributed by atoms with Crippen LogP contribution in [0.2, 0.25) is 5.02 Å². The maximum absolute atomic E-state index is 15.4. The fraction of sp³-hybridized carbons (Fsp3) is 0.577. The van der Waals surface area contributed by atoms with E-state index in [0.29, 0.717) is 36.2 Å². The first-order valence-electron chi connectivity index (χ1n) is 13.3. The zero-order valence-electron chi connectivity index (χ0n) is 22.5. The second-order valence-corrected chi connectivity index (χ2v) is 14.1. The molecule has 0 radical (unpaired) electrons. The van der Waals surface area contributed by atoms with E-state index < -0.39 is 51.1 Å². The standard InChI is InChI=1S/C26H32ClFN6O5S/c1-12(2)33-19-8-13(7-17(28)21(19)31-24(33)26(3,4)36)20-16(27)10-29-25(32-20)30-18-9-14-11-39-23(22(18)35)34(14)40(37,38)15-5-6-15/h7-8,10,12,14-15,18,22-23,35-36H,5-6,9,11H2,1-4H3,(H,29,30,32)/t14-,18+,22-,23-/m0/s1. The molecule has 3 N–H and O–H groups in total. The maximum Gasteiger partial charge on any atom is 0.223 e. The van der Waals surface area contributed by atoms with E-state index in [1.54, 1.807) is 24.5 Å². The van der Waals surface area contributed by atoms with E-state index >= 15 is 4.39 Å². The highest BCUT2D eigenvalue weighted by atomic mass is 35.5. The molecule has 1 saturated carbocycles. The number of imidazole rings is 1. The third-order valence-corrected chi connectivity index (χ3v) is 10.4. The van der Waals surface area contributed by atoms with Crippen molar-refractivity contribution in [2.75, 3.05) is 11.9 Å². The van der Waals surface area contributed by atoms with Gasteiger partial charge in [-0.25, -0.2) is 27.8 Å². The van der Waals surface area contributed by atoms with Crippen LogP contribution < -0.4 is 5.32 Å². The maximum atomic E-state index is 15.4. The molecule has 3 aromatic rings. The summed E-state index contributed by atoms with van der Waals surface area (Å²) in [6, 6.07) is 1.92. The molecule has 2 saturated heterocycles. The number of sulfonamides is 1. The Kier molecular flexibility index (Phi) is 6.63. The molecule has 1 aliphatic carbocycles. The van der Waals surface area contributed by atoms with Crippen molar-refractivity contribution in [3.8, 4) is 11.3 Å². The first-order chi connectivity index (χ1) is 18.8. The minimum absolute atomic E-state index is 0.118. The molecule has 3 aliphatic rings. The first-order valence-corrected chi connectivity index (χ1v) is 15.2. The highest BCUT2D eigenvalue weighted by Gasteiger charge is 2.56. The Morgan fingerprint density at radius 1 is 1.25 bits per heavy atom. The van der Waals surface area contributed by atoms with E-state index in [9.17, 15) is 18.6 Å². The number of rotatable bonds is 7. The van der Waals surface area contributed by atoms with Crippen LogP contribution in [0.5, 0.6) is 0 Å². The molecule has 3 fully saturated rings. The normalized spacial score (nSPS) is 25.7. The monoisotopic (exact) mass is 594 g/mol. The smallest absolute Gasteiger partial charge is 0.223 e. The van der Waals surface area contributed by atoms with Crippen LogP contribution in [0.15, 0.2) is 18.3 Å². The van der Waals surface area contributed by atoms with Crippen molar-refractivity contribution in [1.29, 1.82) is 0 Å².